The molecule has 0 aliphatic rings. The van der Waals surface area contributed by atoms with E-state index in [1.165, 1.54) is 12.3 Å². The molecule has 0 fully saturated rings. The third-order valence-corrected chi connectivity index (χ3v) is 2.18. The molecule has 1 heterocycles. The summed E-state index contributed by atoms with van der Waals surface area (Å²) in [5.74, 6) is 0.170. The lowest BCUT2D eigenvalue weighted by Gasteiger charge is -2.16. The minimum atomic E-state index is -4.39. The molecule has 0 aliphatic carbocycles. The van der Waals surface area contributed by atoms with Crippen LogP contribution in [0.2, 0.25) is 0 Å². The summed E-state index contributed by atoms with van der Waals surface area (Å²) in [5.41, 5.74) is 5.51. The van der Waals surface area contributed by atoms with Crippen molar-refractivity contribution in [3.05, 3.63) is 29.6 Å². The van der Waals surface area contributed by atoms with Crippen LogP contribution in [0.5, 0.6) is 0 Å². The van der Waals surface area contributed by atoms with Gasteiger partial charge in [0, 0.05) is 12.2 Å². The number of aromatic nitrogens is 1. The summed E-state index contributed by atoms with van der Waals surface area (Å²) >= 11 is 0. The summed E-state index contributed by atoms with van der Waals surface area (Å²) in [5, 5.41) is 0. The van der Waals surface area contributed by atoms with E-state index in [4.69, 9.17) is 5.73 Å². The maximum atomic E-state index is 12.2. The first kappa shape index (κ1) is 12.0. The number of hydrogen-bond acceptors (Lipinski definition) is 2. The molecule has 1 aromatic rings. The van der Waals surface area contributed by atoms with E-state index < -0.39 is 11.9 Å². The van der Waals surface area contributed by atoms with Gasteiger partial charge in [0.25, 0.3) is 0 Å². The number of hydrogen-bond donors (Lipinski definition) is 1. The maximum absolute atomic E-state index is 12.2. The van der Waals surface area contributed by atoms with Gasteiger partial charge in [-0.1, -0.05) is 19.9 Å². The van der Waals surface area contributed by atoms with Crippen molar-refractivity contribution in [1.29, 1.82) is 0 Å². The molecular weight excluding hydrogens is 205 g/mol. The van der Waals surface area contributed by atoms with E-state index in [0.717, 1.165) is 6.07 Å². The molecule has 84 valence electrons. The monoisotopic (exact) mass is 218 g/mol. The van der Waals surface area contributed by atoms with Gasteiger partial charge in [0.2, 0.25) is 0 Å². The Bertz CT molecular complexity index is 316. The summed E-state index contributed by atoms with van der Waals surface area (Å²) in [6.07, 6.45) is -3.20. The van der Waals surface area contributed by atoms with Gasteiger partial charge in [0.1, 0.15) is 5.69 Å². The van der Waals surface area contributed by atoms with Crippen molar-refractivity contribution >= 4 is 0 Å². The zero-order chi connectivity index (χ0) is 11.6. The third-order valence-electron chi connectivity index (χ3n) is 2.18. The van der Waals surface area contributed by atoms with Crippen molar-refractivity contribution in [2.24, 2.45) is 11.7 Å². The van der Waals surface area contributed by atoms with Crippen molar-refractivity contribution in [3.63, 3.8) is 0 Å². The standard InChI is InChI=1S/C10H13F3N2/c1-6(2)9(14)7-3-4-8(15-5-7)10(11,12)13/h3-6,9H,14H2,1-2H3. The quantitative estimate of drug-likeness (QED) is 0.828. The second kappa shape index (κ2) is 4.18. The normalized spacial score (nSPS) is 14.3. The Morgan fingerprint density at radius 1 is 1.27 bits per heavy atom. The smallest absolute Gasteiger partial charge is 0.324 e. The summed E-state index contributed by atoms with van der Waals surface area (Å²) in [7, 11) is 0. The maximum Gasteiger partial charge on any atom is 0.433 e. The average molecular weight is 218 g/mol. The van der Waals surface area contributed by atoms with Crippen molar-refractivity contribution in [2.75, 3.05) is 0 Å². The number of pyridine rings is 1. The van der Waals surface area contributed by atoms with Crippen LogP contribution >= 0.6 is 0 Å². The highest BCUT2D eigenvalue weighted by Crippen LogP contribution is 2.28. The van der Waals surface area contributed by atoms with E-state index in [9.17, 15) is 13.2 Å². The Hall–Kier alpha value is -1.10. The number of nitrogens with two attached hydrogens (primary N) is 1. The van der Waals surface area contributed by atoms with E-state index >= 15 is 0 Å². The lowest BCUT2D eigenvalue weighted by atomic mass is 9.98. The highest BCUT2D eigenvalue weighted by atomic mass is 19.4. The van der Waals surface area contributed by atoms with Crippen LogP contribution in [0.25, 0.3) is 0 Å². The molecule has 1 rings (SSSR count). The van der Waals surface area contributed by atoms with Crippen LogP contribution in [0.15, 0.2) is 18.3 Å². The van der Waals surface area contributed by atoms with Crippen LogP contribution in [0, 0.1) is 5.92 Å². The molecule has 2 N–H and O–H groups in total. The summed E-state index contributed by atoms with van der Waals surface area (Å²) < 4.78 is 36.6. The van der Waals surface area contributed by atoms with Crippen LogP contribution in [0.4, 0.5) is 13.2 Å². The van der Waals surface area contributed by atoms with E-state index in [0.29, 0.717) is 5.56 Å². The van der Waals surface area contributed by atoms with Gasteiger partial charge in [0.15, 0.2) is 0 Å². The van der Waals surface area contributed by atoms with Gasteiger partial charge < -0.3 is 5.73 Å². The molecule has 0 spiro atoms. The highest BCUT2D eigenvalue weighted by molar-refractivity contribution is 5.19. The zero-order valence-electron chi connectivity index (χ0n) is 8.55. The SMILES string of the molecule is CC(C)C(N)c1ccc(C(F)(F)F)nc1. The predicted molar refractivity (Wildman–Crippen MR) is 51.0 cm³/mol. The van der Waals surface area contributed by atoms with Crippen molar-refractivity contribution < 1.29 is 13.2 Å². The minimum Gasteiger partial charge on any atom is -0.324 e. The molecule has 0 saturated heterocycles. The molecule has 0 radical (unpaired) electrons. The fourth-order valence-electron chi connectivity index (χ4n) is 1.16. The second-order valence-electron chi connectivity index (χ2n) is 3.74. The van der Waals surface area contributed by atoms with Crippen LogP contribution in [-0.2, 0) is 6.18 Å². The molecule has 0 aromatic carbocycles. The van der Waals surface area contributed by atoms with Gasteiger partial charge in [-0.05, 0) is 17.5 Å². The molecule has 5 heteroatoms. The molecule has 15 heavy (non-hydrogen) atoms. The Morgan fingerprint density at radius 2 is 1.87 bits per heavy atom. The molecular formula is C10H13F3N2. The molecule has 1 atom stereocenters. The summed E-state index contributed by atoms with van der Waals surface area (Å²) in [6.45, 7) is 3.81. The number of nitrogens with zero attached hydrogens (tertiary/aromatic N) is 1. The lowest BCUT2D eigenvalue weighted by Crippen LogP contribution is -2.17. The predicted octanol–water partition coefficient (Wildman–Crippen LogP) is 2.76. The molecule has 1 unspecified atom stereocenters. The Morgan fingerprint density at radius 3 is 2.20 bits per heavy atom. The Kier molecular flexibility index (Phi) is 3.34. The first-order chi connectivity index (χ1) is 6.82. The van der Waals surface area contributed by atoms with Gasteiger partial charge in [0.05, 0.1) is 0 Å². The summed E-state index contributed by atoms with van der Waals surface area (Å²) in [6, 6.07) is 2.05. The third kappa shape index (κ3) is 2.92. The molecule has 0 aliphatic heterocycles. The van der Waals surface area contributed by atoms with E-state index in [1.54, 1.807) is 0 Å². The zero-order valence-corrected chi connectivity index (χ0v) is 8.55. The molecule has 0 saturated carbocycles. The van der Waals surface area contributed by atoms with E-state index in [1.807, 2.05) is 13.8 Å². The van der Waals surface area contributed by atoms with Gasteiger partial charge >= 0.3 is 6.18 Å². The number of halogens is 3. The van der Waals surface area contributed by atoms with Crippen LogP contribution in [0.3, 0.4) is 0 Å². The van der Waals surface area contributed by atoms with E-state index in [-0.39, 0.29) is 12.0 Å². The number of alkyl halides is 3. The largest absolute Gasteiger partial charge is 0.433 e. The van der Waals surface area contributed by atoms with Crippen molar-refractivity contribution in [2.45, 2.75) is 26.1 Å². The van der Waals surface area contributed by atoms with Gasteiger partial charge in [-0.2, -0.15) is 13.2 Å². The molecule has 0 amide bonds. The fraction of sp³-hybridized carbons (Fsp3) is 0.500. The molecule has 1 aromatic heterocycles. The topological polar surface area (TPSA) is 38.9 Å². The van der Waals surface area contributed by atoms with Crippen molar-refractivity contribution in [3.8, 4) is 0 Å². The average Bonchev–Trinajstić information content (AvgIpc) is 2.15. The number of rotatable bonds is 2. The molecule has 0 bridgehead atoms. The van der Waals surface area contributed by atoms with Gasteiger partial charge in [-0.3, -0.25) is 4.98 Å². The second-order valence-corrected chi connectivity index (χ2v) is 3.74. The van der Waals surface area contributed by atoms with Gasteiger partial charge in [-0.25, -0.2) is 0 Å². The highest BCUT2D eigenvalue weighted by Gasteiger charge is 2.32. The van der Waals surface area contributed by atoms with Crippen LogP contribution in [0.1, 0.15) is 31.1 Å². The lowest BCUT2D eigenvalue weighted by molar-refractivity contribution is -0.141. The molecule has 2 nitrogen and oxygen atoms in total. The van der Waals surface area contributed by atoms with E-state index in [2.05, 4.69) is 4.98 Å². The summed E-state index contributed by atoms with van der Waals surface area (Å²) in [4.78, 5) is 3.35. The van der Waals surface area contributed by atoms with Gasteiger partial charge in [-0.15, -0.1) is 0 Å². The minimum absolute atomic E-state index is 0.170. The van der Waals surface area contributed by atoms with Crippen LogP contribution in [-0.4, -0.2) is 4.98 Å². The Labute approximate surface area is 86.3 Å². The van der Waals surface area contributed by atoms with Crippen LogP contribution < -0.4 is 5.73 Å². The fourth-order valence-corrected chi connectivity index (χ4v) is 1.16. The Balaban J connectivity index is 2.91. The first-order valence-corrected chi connectivity index (χ1v) is 4.61. The van der Waals surface area contributed by atoms with Crippen molar-refractivity contribution in [1.82, 2.24) is 4.98 Å². The first-order valence-electron chi connectivity index (χ1n) is 4.61.